The van der Waals surface area contributed by atoms with E-state index < -0.39 is 204 Å². The number of carbonyl (C=O) groups excluding carboxylic acids is 12. The summed E-state index contributed by atoms with van der Waals surface area (Å²) in [6.45, 7) is 18.2. The van der Waals surface area contributed by atoms with E-state index in [0.29, 0.717) is 12.8 Å². The monoisotopic (exact) mass is 1280 g/mol. The number of nitrogens with two attached hydrogens (primary N) is 4. The van der Waals surface area contributed by atoms with E-state index in [1.807, 2.05) is 0 Å². The average Bonchev–Trinajstić information content (AvgIpc) is 1.79. The largest absolute Gasteiger partial charge is 0.480 e. The van der Waals surface area contributed by atoms with Crippen LogP contribution in [0.4, 0.5) is 0 Å². The predicted molar refractivity (Wildman–Crippen MR) is 329 cm³/mol. The van der Waals surface area contributed by atoms with Gasteiger partial charge in [-0.15, -0.1) is 0 Å². The van der Waals surface area contributed by atoms with Gasteiger partial charge in [-0.1, -0.05) is 89.5 Å². The Bertz CT molecular complexity index is 2550. The lowest BCUT2D eigenvalue weighted by Gasteiger charge is -2.33. The Hall–Kier alpha value is -7.74. The summed E-state index contributed by atoms with van der Waals surface area (Å²) >= 11 is 0. The van der Waals surface area contributed by atoms with E-state index in [2.05, 4.69) is 52.8 Å². The van der Waals surface area contributed by atoms with Gasteiger partial charge >= 0.3 is 5.97 Å². The zero-order valence-electron chi connectivity index (χ0n) is 54.1. The van der Waals surface area contributed by atoms with E-state index >= 15 is 0 Å². The quantitative estimate of drug-likeness (QED) is 0.0158. The lowest BCUT2D eigenvalue weighted by Crippen LogP contribution is -2.62. The number of hydrogen-bond acceptors (Lipinski definition) is 17. The molecule has 2 aliphatic heterocycles. The molecule has 2 rings (SSSR count). The summed E-state index contributed by atoms with van der Waals surface area (Å²) in [5.74, 6) is -14.5. The number of nitrogens with one attached hydrogen (secondary N) is 9. The van der Waals surface area contributed by atoms with Crippen LogP contribution in [0.5, 0.6) is 0 Å². The molecule has 0 aromatic heterocycles. The van der Waals surface area contributed by atoms with E-state index in [9.17, 15) is 77.6 Å². The molecular formula is C58H102N16O16. The number of likely N-dealkylation sites (tertiary alicyclic amines) is 2. The van der Waals surface area contributed by atoms with Crippen LogP contribution in [0.25, 0.3) is 0 Å². The molecule has 32 heteroatoms. The fraction of sp³-hybridized carbons (Fsp3) is 0.759. The molecule has 0 unspecified atom stereocenters. The number of carbonyl (C=O) groups is 13. The third kappa shape index (κ3) is 23.6. The predicted octanol–water partition coefficient (Wildman–Crippen LogP) is -4.63. The maximum Gasteiger partial charge on any atom is 0.326 e. The van der Waals surface area contributed by atoms with Gasteiger partial charge in [-0.3, -0.25) is 62.5 Å². The van der Waals surface area contributed by atoms with E-state index in [0.717, 1.165) is 9.80 Å². The summed E-state index contributed by atoms with van der Waals surface area (Å²) in [5, 5.41) is 53.0. The Morgan fingerprint density at radius 1 is 0.478 bits per heavy atom. The topological polar surface area (TPSA) is 514 Å². The summed E-state index contributed by atoms with van der Waals surface area (Å²) < 4.78 is 0. The zero-order valence-corrected chi connectivity index (χ0v) is 54.1. The van der Waals surface area contributed by atoms with Crippen molar-refractivity contribution in [3.05, 3.63) is 0 Å². The van der Waals surface area contributed by atoms with E-state index in [4.69, 9.17) is 22.9 Å². The van der Waals surface area contributed by atoms with Gasteiger partial charge in [0, 0.05) is 26.1 Å². The smallest absolute Gasteiger partial charge is 0.326 e. The number of aliphatic imine (C=N–C) groups is 1. The normalized spacial score (nSPS) is 18.5. The Labute approximate surface area is 526 Å². The number of rotatable bonds is 37. The Kier molecular flexibility index (Phi) is 32.6. The van der Waals surface area contributed by atoms with E-state index in [-0.39, 0.29) is 64.1 Å². The molecule has 12 amide bonds. The number of carboxylic acid groups (broad SMARTS) is 1. The average molecular weight is 1280 g/mol. The highest BCUT2D eigenvalue weighted by Gasteiger charge is 2.44. The molecule has 0 aliphatic carbocycles. The third-order valence-electron chi connectivity index (χ3n) is 15.9. The minimum atomic E-state index is -1.62. The first-order valence-corrected chi connectivity index (χ1v) is 30.9. The molecule has 32 nitrogen and oxygen atoms in total. The first-order valence-electron chi connectivity index (χ1n) is 30.9. The number of aliphatic hydroxyl groups is 2. The molecule has 90 heavy (non-hydrogen) atoms. The van der Waals surface area contributed by atoms with Gasteiger partial charge in [-0.2, -0.15) is 0 Å². The van der Waals surface area contributed by atoms with Gasteiger partial charge in [-0.25, -0.2) is 4.79 Å². The number of nitrogens with zero attached hydrogens (tertiary/aromatic N) is 3. The molecule has 2 saturated heterocycles. The molecule has 2 fully saturated rings. The fourth-order valence-corrected chi connectivity index (χ4v) is 10.2. The molecule has 510 valence electrons. The summed E-state index contributed by atoms with van der Waals surface area (Å²) in [7, 11) is 0. The first kappa shape index (κ1) is 78.4. The molecule has 20 N–H and O–H groups in total. The first-order chi connectivity index (χ1) is 42.0. The molecule has 0 radical (unpaired) electrons. The highest BCUT2D eigenvalue weighted by Crippen LogP contribution is 2.23. The second-order valence-electron chi connectivity index (χ2n) is 24.8. The molecule has 0 aromatic rings. The van der Waals surface area contributed by atoms with Crippen molar-refractivity contribution in [2.45, 2.75) is 213 Å². The van der Waals surface area contributed by atoms with Crippen molar-refractivity contribution in [3.63, 3.8) is 0 Å². The SMILES string of the molecule is CC[C@H](C)[C@H](NC(=O)[C@@H](NC(=O)[C@@H](NC(=O)[C@H](CCCN=C(N)N)NC(=O)[C@@H](N)CO)C(C)C)C(C)C)C(=O)N[C@@H](CCC(N)=O)C(=O)N1CCC[C@H]1C(=O)N[C@@H](CO)C(=O)N1CCC[C@H]1C(=O)N[C@H](C(=O)N[C@H](C(=O)N[C@H](C(=O)O)C(C)C)C(C)C)C(C)C. The van der Waals surface area contributed by atoms with Crippen LogP contribution in [0.3, 0.4) is 0 Å². The number of aliphatic carboxylic acids is 1. The fourth-order valence-electron chi connectivity index (χ4n) is 10.2. The van der Waals surface area contributed by atoms with Gasteiger partial charge in [-0.05, 0) is 80.5 Å². The molecule has 13 atom stereocenters. The van der Waals surface area contributed by atoms with Gasteiger partial charge in [0.05, 0.1) is 13.2 Å². The van der Waals surface area contributed by atoms with Crippen LogP contribution >= 0.6 is 0 Å². The van der Waals surface area contributed by atoms with Crippen LogP contribution in [-0.2, 0) is 62.3 Å². The molecule has 2 aliphatic rings. The van der Waals surface area contributed by atoms with E-state index in [1.165, 1.54) is 0 Å². The van der Waals surface area contributed by atoms with Crippen molar-refractivity contribution >= 4 is 82.8 Å². The van der Waals surface area contributed by atoms with Gasteiger partial charge in [0.25, 0.3) is 0 Å². The minimum Gasteiger partial charge on any atom is -0.480 e. The van der Waals surface area contributed by atoms with Gasteiger partial charge < -0.3 is 95.9 Å². The van der Waals surface area contributed by atoms with Crippen LogP contribution in [0.2, 0.25) is 0 Å². The lowest BCUT2D eigenvalue weighted by atomic mass is 9.95. The summed E-state index contributed by atoms with van der Waals surface area (Å²) in [5.41, 5.74) is 22.0. The van der Waals surface area contributed by atoms with Crippen molar-refractivity contribution in [3.8, 4) is 0 Å². The second kappa shape index (κ2) is 37.4. The lowest BCUT2D eigenvalue weighted by molar-refractivity contribution is -0.145. The van der Waals surface area contributed by atoms with Gasteiger partial charge in [0.2, 0.25) is 70.9 Å². The van der Waals surface area contributed by atoms with Crippen LogP contribution < -0.4 is 70.8 Å². The molecule has 0 spiro atoms. The summed E-state index contributed by atoms with van der Waals surface area (Å²) in [6.07, 6.45) is 0.559. The number of aliphatic hydroxyl groups excluding tert-OH is 2. The van der Waals surface area contributed by atoms with Crippen molar-refractivity contribution in [2.24, 2.45) is 63.4 Å². The van der Waals surface area contributed by atoms with Crippen molar-refractivity contribution in [1.82, 2.24) is 57.7 Å². The molecular weight excluding hydrogens is 1180 g/mol. The number of guanidine groups is 1. The standard InChI is InChI=1S/C58H102N16O16/c1-13-32(12)45(72-53(85)43(30(8)9)70-50(82)40(27(2)3)67-47(79)34(17-14-22-63-58(61)62)64-46(78)33(59)25-75)54(86)65-35(20-21-39(60)77)55(87)73-23-15-18-37(73)48(80)66-36(26-76)56(88)74-24-16-19-38(74)49(81)68-41(28(4)5)51(83)69-42(29(6)7)52(84)71-44(31(10)11)57(89)90/h27-38,40-45,75-76H,13-26,59H2,1-12H3,(H2,60,77)(H,64,78)(H,65,86)(H,66,80)(H,67,79)(H,68,81)(H,69,83)(H,70,82)(H,71,84)(H,72,85)(H,89,90)(H4,61,62,63)/t32-,33-,34-,35-,36-,37-,38-,40-,41-,42-,43-,44-,45-/m0/s1. The Morgan fingerprint density at radius 3 is 1.27 bits per heavy atom. The van der Waals surface area contributed by atoms with Crippen LogP contribution in [0.1, 0.15) is 141 Å². The maximum absolute atomic E-state index is 14.6. The van der Waals surface area contributed by atoms with E-state index in [1.54, 1.807) is 83.1 Å². The number of carboxylic acids is 1. The zero-order chi connectivity index (χ0) is 68.6. The summed E-state index contributed by atoms with van der Waals surface area (Å²) in [4.78, 5) is 183. The highest BCUT2D eigenvalue weighted by atomic mass is 16.4. The van der Waals surface area contributed by atoms with Crippen LogP contribution in [-0.4, -0.2) is 213 Å². The summed E-state index contributed by atoms with van der Waals surface area (Å²) in [6, 6.07) is -15.8. The Morgan fingerprint density at radius 2 is 0.867 bits per heavy atom. The van der Waals surface area contributed by atoms with Crippen molar-refractivity contribution in [2.75, 3.05) is 32.8 Å². The number of amides is 12. The van der Waals surface area contributed by atoms with Crippen LogP contribution in [0, 0.1) is 35.5 Å². The molecule has 0 bridgehead atoms. The minimum absolute atomic E-state index is 0.00478. The third-order valence-corrected chi connectivity index (χ3v) is 15.9. The van der Waals surface area contributed by atoms with Crippen molar-refractivity contribution < 1.29 is 77.6 Å². The number of hydrogen-bond donors (Lipinski definition) is 16. The molecule has 2 heterocycles. The highest BCUT2D eigenvalue weighted by molar-refractivity contribution is 6.00. The molecule has 0 aromatic carbocycles. The Balaban J connectivity index is 2.34. The van der Waals surface area contributed by atoms with Crippen LogP contribution in [0.15, 0.2) is 4.99 Å². The second-order valence-corrected chi connectivity index (χ2v) is 24.8. The molecule has 0 saturated carbocycles. The maximum atomic E-state index is 14.6. The van der Waals surface area contributed by atoms with Gasteiger partial charge in [0.1, 0.15) is 72.5 Å². The number of primary amides is 1. The van der Waals surface area contributed by atoms with Crippen molar-refractivity contribution in [1.29, 1.82) is 0 Å². The van der Waals surface area contributed by atoms with Gasteiger partial charge in [0.15, 0.2) is 5.96 Å².